The second-order valence-corrected chi connectivity index (χ2v) is 3.63. The monoisotopic (exact) mass is 243 g/mol. The summed E-state index contributed by atoms with van der Waals surface area (Å²) >= 11 is 0. The molecule has 0 saturated carbocycles. The number of nitrogens with one attached hydrogen (secondary N) is 2. The Morgan fingerprint density at radius 3 is 2.83 bits per heavy atom. The summed E-state index contributed by atoms with van der Waals surface area (Å²) < 4.78 is 0. The second-order valence-electron chi connectivity index (χ2n) is 3.63. The van der Waals surface area contributed by atoms with Crippen molar-refractivity contribution in [2.45, 2.75) is 6.92 Å². The Morgan fingerprint density at radius 2 is 2.11 bits per heavy atom. The molecule has 0 atom stereocenters. The smallest absolute Gasteiger partial charge is 0.249 e. The Bertz CT molecular complexity index is 529. The van der Waals surface area contributed by atoms with Crippen LogP contribution in [0.15, 0.2) is 48.7 Å². The zero-order chi connectivity index (χ0) is 12.8. The lowest BCUT2D eigenvalue weighted by molar-refractivity contribution is -0.125. The molecule has 2 rings (SSSR count). The Balaban J connectivity index is 2.05. The van der Waals surface area contributed by atoms with Crippen LogP contribution in [0.4, 0.5) is 11.5 Å². The predicted octanol–water partition coefficient (Wildman–Crippen LogP) is 2.26. The molecule has 0 bridgehead atoms. The van der Waals surface area contributed by atoms with Crippen LogP contribution in [0.5, 0.6) is 5.75 Å². The van der Waals surface area contributed by atoms with E-state index < -0.39 is 0 Å². The van der Waals surface area contributed by atoms with E-state index in [1.54, 1.807) is 18.3 Å². The van der Waals surface area contributed by atoms with Crippen LogP contribution in [0.1, 0.15) is 6.92 Å². The quantitative estimate of drug-likeness (QED) is 0.808. The summed E-state index contributed by atoms with van der Waals surface area (Å²) in [6, 6.07) is 12.8. The molecule has 0 aliphatic carbocycles. The summed E-state index contributed by atoms with van der Waals surface area (Å²) in [7, 11) is 0. The first-order valence-corrected chi connectivity index (χ1v) is 5.45. The van der Waals surface area contributed by atoms with Gasteiger partial charge < -0.3 is 10.2 Å². The minimum Gasteiger partial charge on any atom is -0.379 e. The molecule has 5 heteroatoms. The third-order valence-electron chi connectivity index (χ3n) is 2.08. The SMILES string of the molecule is CC(=O)NOc1cccc(Nc2ccccn2)c1. The van der Waals surface area contributed by atoms with Crippen molar-refractivity contribution in [3.05, 3.63) is 48.7 Å². The van der Waals surface area contributed by atoms with Crippen molar-refractivity contribution in [3.63, 3.8) is 0 Å². The predicted molar refractivity (Wildman–Crippen MR) is 68.4 cm³/mol. The van der Waals surface area contributed by atoms with Gasteiger partial charge in [-0.2, -0.15) is 5.48 Å². The molecule has 2 N–H and O–H groups in total. The van der Waals surface area contributed by atoms with Gasteiger partial charge in [-0.15, -0.1) is 0 Å². The maximum absolute atomic E-state index is 10.7. The first kappa shape index (κ1) is 11.9. The highest BCUT2D eigenvalue weighted by Crippen LogP contribution is 2.19. The minimum absolute atomic E-state index is 0.252. The summed E-state index contributed by atoms with van der Waals surface area (Å²) in [6.07, 6.45) is 1.71. The minimum atomic E-state index is -0.252. The average Bonchev–Trinajstić information content (AvgIpc) is 2.38. The fourth-order valence-electron chi connectivity index (χ4n) is 1.35. The van der Waals surface area contributed by atoms with Gasteiger partial charge in [0.2, 0.25) is 5.91 Å². The zero-order valence-corrected chi connectivity index (χ0v) is 9.88. The first-order chi connectivity index (χ1) is 8.74. The molecule has 0 saturated heterocycles. The second kappa shape index (κ2) is 5.67. The van der Waals surface area contributed by atoms with Crippen LogP contribution in [0.25, 0.3) is 0 Å². The summed E-state index contributed by atoms with van der Waals surface area (Å²) in [5.74, 6) is 1.04. The van der Waals surface area contributed by atoms with Crippen molar-refractivity contribution in [1.29, 1.82) is 0 Å². The molecule has 0 aliphatic rings. The van der Waals surface area contributed by atoms with Crippen molar-refractivity contribution in [2.75, 3.05) is 5.32 Å². The third kappa shape index (κ3) is 3.48. The van der Waals surface area contributed by atoms with Crippen LogP contribution < -0.4 is 15.6 Å². The lowest BCUT2D eigenvalue weighted by atomic mass is 10.3. The van der Waals surface area contributed by atoms with Crippen molar-refractivity contribution >= 4 is 17.4 Å². The molecular formula is C13H13N3O2. The molecule has 0 aliphatic heterocycles. The van der Waals surface area contributed by atoms with Gasteiger partial charge in [-0.1, -0.05) is 12.1 Å². The maximum Gasteiger partial charge on any atom is 0.249 e. The summed E-state index contributed by atoms with van der Waals surface area (Å²) in [5, 5.41) is 3.13. The molecule has 1 aromatic heterocycles. The molecule has 0 fully saturated rings. The molecule has 0 radical (unpaired) electrons. The van der Waals surface area contributed by atoms with Crippen LogP contribution >= 0.6 is 0 Å². The fourth-order valence-corrected chi connectivity index (χ4v) is 1.35. The van der Waals surface area contributed by atoms with E-state index in [0.717, 1.165) is 11.5 Å². The van der Waals surface area contributed by atoms with E-state index in [0.29, 0.717) is 5.75 Å². The summed E-state index contributed by atoms with van der Waals surface area (Å²) in [4.78, 5) is 20.0. The van der Waals surface area contributed by atoms with Crippen LogP contribution in [-0.4, -0.2) is 10.9 Å². The molecular weight excluding hydrogens is 230 g/mol. The van der Waals surface area contributed by atoms with E-state index in [1.165, 1.54) is 6.92 Å². The van der Waals surface area contributed by atoms with Gasteiger partial charge in [0.1, 0.15) is 5.82 Å². The molecule has 1 heterocycles. The number of carbonyl (C=O) groups excluding carboxylic acids is 1. The Hall–Kier alpha value is -2.56. The van der Waals surface area contributed by atoms with Crippen molar-refractivity contribution < 1.29 is 9.63 Å². The Labute approximate surface area is 105 Å². The molecule has 0 unspecified atom stereocenters. The molecule has 5 nitrogen and oxygen atoms in total. The van der Waals surface area contributed by atoms with Gasteiger partial charge in [0.05, 0.1) is 0 Å². The molecule has 92 valence electrons. The fraction of sp³-hybridized carbons (Fsp3) is 0.0769. The van der Waals surface area contributed by atoms with Crippen molar-refractivity contribution in [3.8, 4) is 5.75 Å². The number of anilines is 2. The molecule has 18 heavy (non-hydrogen) atoms. The summed E-state index contributed by atoms with van der Waals surface area (Å²) in [5.41, 5.74) is 3.10. The number of pyridine rings is 1. The molecule has 1 amide bonds. The zero-order valence-electron chi connectivity index (χ0n) is 9.88. The molecule has 2 aromatic rings. The lowest BCUT2D eigenvalue weighted by Gasteiger charge is -2.08. The van der Waals surface area contributed by atoms with E-state index in [-0.39, 0.29) is 5.91 Å². The number of carbonyl (C=O) groups is 1. The van der Waals surface area contributed by atoms with Gasteiger partial charge in [-0.3, -0.25) is 4.79 Å². The number of aromatic nitrogens is 1. The average molecular weight is 243 g/mol. The van der Waals surface area contributed by atoms with Crippen LogP contribution in [-0.2, 0) is 4.79 Å². The number of benzene rings is 1. The van der Waals surface area contributed by atoms with Crippen molar-refractivity contribution in [1.82, 2.24) is 10.5 Å². The van der Waals surface area contributed by atoms with Gasteiger partial charge in [0, 0.05) is 24.9 Å². The number of amides is 1. The largest absolute Gasteiger partial charge is 0.379 e. The van der Waals surface area contributed by atoms with Gasteiger partial charge in [-0.25, -0.2) is 4.98 Å². The number of hydroxylamine groups is 1. The lowest BCUT2D eigenvalue weighted by Crippen LogP contribution is -2.23. The maximum atomic E-state index is 10.7. The van der Waals surface area contributed by atoms with E-state index in [9.17, 15) is 4.79 Å². The van der Waals surface area contributed by atoms with E-state index in [1.807, 2.05) is 30.3 Å². The van der Waals surface area contributed by atoms with Gasteiger partial charge in [-0.05, 0) is 24.3 Å². The third-order valence-corrected chi connectivity index (χ3v) is 2.08. The summed E-state index contributed by atoms with van der Waals surface area (Å²) in [6.45, 7) is 1.38. The molecule has 1 aromatic carbocycles. The van der Waals surface area contributed by atoms with Crippen LogP contribution in [0.2, 0.25) is 0 Å². The van der Waals surface area contributed by atoms with E-state index in [4.69, 9.17) is 4.84 Å². The van der Waals surface area contributed by atoms with Gasteiger partial charge >= 0.3 is 0 Å². The van der Waals surface area contributed by atoms with E-state index >= 15 is 0 Å². The first-order valence-electron chi connectivity index (χ1n) is 5.45. The van der Waals surface area contributed by atoms with Crippen LogP contribution in [0, 0.1) is 0 Å². The van der Waals surface area contributed by atoms with Crippen LogP contribution in [0.3, 0.4) is 0 Å². The van der Waals surface area contributed by atoms with E-state index in [2.05, 4.69) is 15.8 Å². The topological polar surface area (TPSA) is 63.2 Å². The highest BCUT2D eigenvalue weighted by atomic mass is 16.7. The Kier molecular flexibility index (Phi) is 3.76. The number of nitrogens with zero attached hydrogens (tertiary/aromatic N) is 1. The highest BCUT2D eigenvalue weighted by Gasteiger charge is 1.99. The highest BCUT2D eigenvalue weighted by molar-refractivity contribution is 5.71. The number of hydrogen-bond acceptors (Lipinski definition) is 4. The number of rotatable bonds is 4. The number of hydrogen-bond donors (Lipinski definition) is 2. The standard InChI is InChI=1S/C13H13N3O2/c1-10(17)16-18-12-6-4-5-11(9-12)15-13-7-2-3-8-14-13/h2-9H,1H3,(H,14,15)(H,16,17). The Morgan fingerprint density at radius 1 is 1.22 bits per heavy atom. The van der Waals surface area contributed by atoms with Crippen molar-refractivity contribution in [2.24, 2.45) is 0 Å². The molecule has 0 spiro atoms. The normalized spacial score (nSPS) is 9.61. The van der Waals surface area contributed by atoms with Gasteiger partial charge in [0.25, 0.3) is 0 Å². The van der Waals surface area contributed by atoms with Gasteiger partial charge in [0.15, 0.2) is 5.75 Å².